The van der Waals surface area contributed by atoms with Crippen LogP contribution in [-0.2, 0) is 17.8 Å². The molecule has 0 radical (unpaired) electrons. The van der Waals surface area contributed by atoms with Crippen molar-refractivity contribution in [2.75, 3.05) is 6.61 Å². The largest absolute Gasteiger partial charge is 0.305 e. The Balaban J connectivity index is 1.89. The normalized spacial score (nSPS) is 10.6. The summed E-state index contributed by atoms with van der Waals surface area (Å²) in [5.74, 6) is 4.97. The van der Waals surface area contributed by atoms with E-state index in [4.69, 9.17) is 5.90 Å². The highest BCUT2D eigenvalue weighted by Crippen LogP contribution is 2.00. The van der Waals surface area contributed by atoms with E-state index < -0.39 is 0 Å². The first kappa shape index (κ1) is 11.7. The van der Waals surface area contributed by atoms with Crippen LogP contribution in [0, 0.1) is 0 Å². The Morgan fingerprint density at radius 3 is 2.82 bits per heavy atom. The Hall–Kier alpha value is -1.79. The van der Waals surface area contributed by atoms with Gasteiger partial charge in [-0.1, -0.05) is 5.21 Å². The molecule has 0 aliphatic heterocycles. The minimum atomic E-state index is 0.591. The molecule has 0 aliphatic rings. The Kier molecular flexibility index (Phi) is 4.17. The van der Waals surface area contributed by atoms with E-state index >= 15 is 0 Å². The molecule has 0 fully saturated rings. The topological polar surface area (TPSA) is 80.7 Å². The molecule has 17 heavy (non-hydrogen) atoms. The summed E-state index contributed by atoms with van der Waals surface area (Å²) < 4.78 is 2.06. The summed E-state index contributed by atoms with van der Waals surface area (Å²) in [7, 11) is 0. The number of nitrogens with zero attached hydrogens (tertiary/aromatic N) is 3. The molecule has 2 rings (SSSR count). The van der Waals surface area contributed by atoms with Gasteiger partial charge >= 0.3 is 0 Å². The van der Waals surface area contributed by atoms with Crippen LogP contribution in [0.5, 0.6) is 0 Å². The molecule has 0 saturated heterocycles. The van der Waals surface area contributed by atoms with E-state index in [9.17, 15) is 0 Å². The maximum atomic E-state index is 4.97. The predicted molar refractivity (Wildman–Crippen MR) is 60.6 cm³/mol. The lowest BCUT2D eigenvalue weighted by Crippen LogP contribution is -2.33. The van der Waals surface area contributed by atoms with Crippen LogP contribution in [0.4, 0.5) is 0 Å². The lowest BCUT2D eigenvalue weighted by atomic mass is 10.1. The van der Waals surface area contributed by atoms with Crippen LogP contribution in [0.25, 0.3) is 0 Å². The van der Waals surface area contributed by atoms with Gasteiger partial charge in [0.25, 0.3) is 0 Å². The number of pyridine rings is 1. The Morgan fingerprint density at radius 2 is 2.18 bits per heavy atom. The number of hydrogen-bond donors (Lipinski definition) is 2. The van der Waals surface area contributed by atoms with Gasteiger partial charge in [0.05, 0.1) is 12.8 Å². The zero-order chi connectivity index (χ0) is 11.9. The third kappa shape index (κ3) is 3.61. The summed E-state index contributed by atoms with van der Waals surface area (Å²) >= 11 is 0. The van der Waals surface area contributed by atoms with Gasteiger partial charge in [0.1, 0.15) is 5.69 Å². The highest BCUT2D eigenvalue weighted by Gasteiger charge is 2.04. The van der Waals surface area contributed by atoms with E-state index in [1.165, 1.54) is 5.56 Å². The first-order chi connectivity index (χ1) is 8.38. The van der Waals surface area contributed by atoms with Gasteiger partial charge in [0.2, 0.25) is 0 Å². The number of aromatic amines is 1. The second kappa shape index (κ2) is 6.07. The van der Waals surface area contributed by atoms with Crippen molar-refractivity contribution in [2.24, 2.45) is 5.90 Å². The molecule has 0 bridgehead atoms. The summed E-state index contributed by atoms with van der Waals surface area (Å²) in [5, 5.41) is 10.3. The number of aromatic nitrogens is 4. The van der Waals surface area contributed by atoms with Crippen molar-refractivity contribution in [1.82, 2.24) is 15.4 Å². The number of hydrogen-bond acceptors (Lipinski definition) is 4. The second-order valence-electron chi connectivity index (χ2n) is 3.82. The van der Waals surface area contributed by atoms with E-state index in [1.807, 2.05) is 12.4 Å². The van der Waals surface area contributed by atoms with Gasteiger partial charge in [-0.05, 0) is 18.4 Å². The third-order valence-corrected chi connectivity index (χ3v) is 2.50. The first-order valence-corrected chi connectivity index (χ1v) is 5.53. The molecule has 90 valence electrons. The van der Waals surface area contributed by atoms with Crippen molar-refractivity contribution in [1.29, 1.82) is 0 Å². The van der Waals surface area contributed by atoms with Gasteiger partial charge < -0.3 is 4.84 Å². The molecule has 0 spiro atoms. The summed E-state index contributed by atoms with van der Waals surface area (Å²) in [6, 6.07) is 4.19. The minimum Gasteiger partial charge on any atom is -0.305 e. The van der Waals surface area contributed by atoms with Crippen molar-refractivity contribution in [2.45, 2.75) is 19.4 Å². The smallest absolute Gasteiger partial charge is 0.193 e. The molecule has 6 heteroatoms. The van der Waals surface area contributed by atoms with Crippen LogP contribution in [0.2, 0.25) is 0 Å². The van der Waals surface area contributed by atoms with Crippen molar-refractivity contribution in [3.05, 3.63) is 42.0 Å². The average molecular weight is 234 g/mol. The van der Waals surface area contributed by atoms with E-state index in [-0.39, 0.29) is 0 Å². The Bertz CT molecular complexity index is 426. The standard InChI is InChI=1S/C11H16N5O/c12-17-7-1-2-10-3-5-16(6-4-10)9-11-8-13-15-14-11/h3-6,8H,1-2,7,9,12H2,(H,13,14,15)/q+1. The van der Waals surface area contributed by atoms with E-state index in [1.54, 1.807) is 6.20 Å². The molecule has 3 N–H and O–H groups in total. The zero-order valence-electron chi connectivity index (χ0n) is 9.54. The van der Waals surface area contributed by atoms with Crippen LogP contribution in [0.1, 0.15) is 17.7 Å². The number of rotatable bonds is 6. The molecular formula is C11H16N5O+. The molecule has 0 amide bonds. The number of nitrogens with two attached hydrogens (primary N) is 1. The zero-order valence-corrected chi connectivity index (χ0v) is 9.54. The fourth-order valence-electron chi connectivity index (χ4n) is 1.61. The average Bonchev–Trinajstić information content (AvgIpc) is 2.85. The number of aryl methyl sites for hydroxylation is 1. The first-order valence-electron chi connectivity index (χ1n) is 5.53. The minimum absolute atomic E-state index is 0.591. The maximum absolute atomic E-state index is 4.97. The van der Waals surface area contributed by atoms with Crippen molar-refractivity contribution >= 4 is 0 Å². The summed E-state index contributed by atoms with van der Waals surface area (Å²) in [6.07, 6.45) is 7.77. The monoisotopic (exact) mass is 234 g/mol. The molecule has 2 heterocycles. The van der Waals surface area contributed by atoms with Crippen LogP contribution in [0.3, 0.4) is 0 Å². The van der Waals surface area contributed by atoms with Crippen LogP contribution < -0.4 is 10.5 Å². The van der Waals surface area contributed by atoms with Crippen LogP contribution in [0.15, 0.2) is 30.7 Å². The van der Waals surface area contributed by atoms with Crippen LogP contribution in [-0.4, -0.2) is 22.0 Å². The molecular weight excluding hydrogens is 218 g/mol. The van der Waals surface area contributed by atoms with Gasteiger partial charge in [-0.25, -0.2) is 5.90 Å². The lowest BCUT2D eigenvalue weighted by molar-refractivity contribution is -0.688. The molecule has 0 aliphatic carbocycles. The highest BCUT2D eigenvalue weighted by atomic mass is 16.6. The lowest BCUT2D eigenvalue weighted by Gasteiger charge is -1.99. The molecule has 6 nitrogen and oxygen atoms in total. The molecule has 2 aromatic heterocycles. The summed E-state index contributed by atoms with van der Waals surface area (Å²) in [5.41, 5.74) is 2.19. The highest BCUT2D eigenvalue weighted by molar-refractivity contribution is 5.07. The Morgan fingerprint density at radius 1 is 1.35 bits per heavy atom. The SMILES string of the molecule is NOCCCc1cc[n+](Cc2c[nH]nn2)cc1. The predicted octanol–water partition coefficient (Wildman–Crippen LogP) is -0.0366. The summed E-state index contributed by atoms with van der Waals surface area (Å²) in [4.78, 5) is 4.53. The van der Waals surface area contributed by atoms with Gasteiger partial charge in [0.15, 0.2) is 18.9 Å². The van der Waals surface area contributed by atoms with Crippen molar-refractivity contribution in [3.63, 3.8) is 0 Å². The van der Waals surface area contributed by atoms with E-state index in [2.05, 4.69) is 36.9 Å². The molecule has 0 aromatic carbocycles. The fraction of sp³-hybridized carbons (Fsp3) is 0.364. The van der Waals surface area contributed by atoms with Crippen LogP contribution >= 0.6 is 0 Å². The molecule has 0 atom stereocenters. The van der Waals surface area contributed by atoms with Crippen molar-refractivity contribution in [3.8, 4) is 0 Å². The molecule has 0 saturated carbocycles. The van der Waals surface area contributed by atoms with E-state index in [0.29, 0.717) is 6.61 Å². The van der Waals surface area contributed by atoms with Crippen molar-refractivity contribution < 1.29 is 9.40 Å². The van der Waals surface area contributed by atoms with Gasteiger partial charge in [-0.15, -0.1) is 5.10 Å². The molecule has 2 aromatic rings. The van der Waals surface area contributed by atoms with Gasteiger partial charge in [0, 0.05) is 12.1 Å². The number of nitrogens with one attached hydrogen (secondary N) is 1. The quantitative estimate of drug-likeness (QED) is 0.417. The summed E-state index contributed by atoms with van der Waals surface area (Å²) in [6.45, 7) is 1.32. The van der Waals surface area contributed by atoms with Gasteiger partial charge in [-0.2, -0.15) is 4.57 Å². The van der Waals surface area contributed by atoms with Gasteiger partial charge in [-0.3, -0.25) is 5.10 Å². The molecule has 0 unspecified atom stereocenters. The fourth-order valence-corrected chi connectivity index (χ4v) is 1.61. The Labute approximate surface area is 99.4 Å². The number of H-pyrrole nitrogens is 1. The maximum Gasteiger partial charge on any atom is 0.193 e. The third-order valence-electron chi connectivity index (χ3n) is 2.50. The van der Waals surface area contributed by atoms with E-state index in [0.717, 1.165) is 25.1 Å². The second-order valence-corrected chi connectivity index (χ2v) is 3.82.